The Morgan fingerprint density at radius 3 is 2.76 bits per heavy atom. The highest BCUT2D eigenvalue weighted by molar-refractivity contribution is 14.0. The van der Waals surface area contributed by atoms with Crippen molar-refractivity contribution in [2.24, 2.45) is 4.99 Å². The van der Waals surface area contributed by atoms with Crippen molar-refractivity contribution in [2.45, 2.75) is 33.4 Å². The van der Waals surface area contributed by atoms with Crippen molar-refractivity contribution < 1.29 is 0 Å². The number of rotatable bonds is 2. The molecule has 0 bridgehead atoms. The zero-order valence-corrected chi connectivity index (χ0v) is 12.6. The fourth-order valence-corrected chi connectivity index (χ4v) is 1.72. The molecule has 0 radical (unpaired) electrons. The van der Waals surface area contributed by atoms with E-state index in [-0.39, 0.29) is 24.0 Å². The molecule has 0 aromatic carbocycles. The zero-order valence-electron chi connectivity index (χ0n) is 10.3. The van der Waals surface area contributed by atoms with Crippen LogP contribution in [0.2, 0.25) is 0 Å². The summed E-state index contributed by atoms with van der Waals surface area (Å²) in [6, 6.07) is 2.41. The molecule has 0 fully saturated rings. The molecule has 1 aliphatic heterocycles. The number of aromatic nitrogens is 2. The number of hydrogen-bond donors (Lipinski definition) is 2. The maximum Gasteiger partial charge on any atom is 0.191 e. The number of hydrogen-bond acceptors (Lipinski definition) is 5. The normalized spacial score (nSPS) is 18.1. The summed E-state index contributed by atoms with van der Waals surface area (Å²) in [6.45, 7) is 7.51. The van der Waals surface area contributed by atoms with Crippen LogP contribution < -0.4 is 10.6 Å². The molecule has 1 aromatic rings. The minimum atomic E-state index is 0. The quantitative estimate of drug-likeness (QED) is 0.788. The van der Waals surface area contributed by atoms with E-state index in [0.29, 0.717) is 12.6 Å². The summed E-state index contributed by atoms with van der Waals surface area (Å²) in [5.74, 6) is 1.67. The smallest absolute Gasteiger partial charge is 0.191 e. The standard InChI is InChI=1S/C11H17N5.HI/c1-7-4-10(16-9(3)14-7)6-13-11-12-5-8(2)15-11;/h4,8H,5-6H2,1-3H3,(H2,12,13,15);1H. The number of nitrogens with one attached hydrogen (secondary N) is 2. The molecular formula is C11H18IN5. The molecule has 5 nitrogen and oxygen atoms in total. The predicted octanol–water partition coefficient (Wildman–Crippen LogP) is 1.15. The number of aryl methyl sites for hydroxylation is 2. The molecule has 0 amide bonds. The van der Waals surface area contributed by atoms with Gasteiger partial charge in [0.2, 0.25) is 0 Å². The summed E-state index contributed by atoms with van der Waals surface area (Å²) in [5.41, 5.74) is 1.99. The molecule has 2 N–H and O–H groups in total. The maximum atomic E-state index is 4.36. The second-order valence-corrected chi connectivity index (χ2v) is 4.14. The number of aliphatic imine (C=N–C) groups is 1. The molecule has 1 atom stereocenters. The molecule has 17 heavy (non-hydrogen) atoms. The van der Waals surface area contributed by atoms with Gasteiger partial charge in [0, 0.05) is 11.7 Å². The first-order chi connectivity index (χ1) is 7.63. The molecule has 0 spiro atoms. The van der Waals surface area contributed by atoms with Crippen LogP contribution in [0.5, 0.6) is 0 Å². The molecule has 0 saturated heterocycles. The summed E-state index contributed by atoms with van der Waals surface area (Å²) in [5, 5.41) is 6.48. The van der Waals surface area contributed by atoms with Gasteiger partial charge >= 0.3 is 0 Å². The molecule has 94 valence electrons. The topological polar surface area (TPSA) is 62.2 Å². The minimum Gasteiger partial charge on any atom is -0.352 e. The highest BCUT2D eigenvalue weighted by Gasteiger charge is 2.11. The van der Waals surface area contributed by atoms with E-state index in [1.807, 2.05) is 19.9 Å². The van der Waals surface area contributed by atoms with Crippen LogP contribution in [0.1, 0.15) is 24.1 Å². The lowest BCUT2D eigenvalue weighted by molar-refractivity contribution is 0.711. The molecule has 0 saturated carbocycles. The largest absolute Gasteiger partial charge is 0.352 e. The first-order valence-corrected chi connectivity index (χ1v) is 5.49. The fraction of sp³-hybridized carbons (Fsp3) is 0.545. The minimum absolute atomic E-state index is 0. The Hall–Kier alpha value is -0.920. The average molecular weight is 347 g/mol. The van der Waals surface area contributed by atoms with Crippen LogP contribution >= 0.6 is 24.0 Å². The number of nitrogens with zero attached hydrogens (tertiary/aromatic N) is 3. The molecule has 1 aliphatic rings. The van der Waals surface area contributed by atoms with E-state index in [0.717, 1.165) is 29.7 Å². The molecule has 1 unspecified atom stereocenters. The molecular weight excluding hydrogens is 329 g/mol. The van der Waals surface area contributed by atoms with E-state index in [2.05, 4.69) is 32.5 Å². The molecule has 2 heterocycles. The summed E-state index contributed by atoms with van der Waals surface area (Å²) in [7, 11) is 0. The third-order valence-electron chi connectivity index (χ3n) is 2.36. The van der Waals surface area contributed by atoms with Crippen LogP contribution in [-0.4, -0.2) is 28.5 Å². The first-order valence-electron chi connectivity index (χ1n) is 5.49. The number of halogens is 1. The summed E-state index contributed by atoms with van der Waals surface area (Å²) >= 11 is 0. The molecule has 6 heteroatoms. The van der Waals surface area contributed by atoms with Crippen molar-refractivity contribution in [1.82, 2.24) is 20.6 Å². The first kappa shape index (κ1) is 14.1. The van der Waals surface area contributed by atoms with Crippen LogP contribution in [-0.2, 0) is 6.54 Å². The van der Waals surface area contributed by atoms with Crippen molar-refractivity contribution in [2.75, 3.05) is 6.54 Å². The van der Waals surface area contributed by atoms with Gasteiger partial charge in [-0.25, -0.2) is 9.97 Å². The molecule has 0 aliphatic carbocycles. The lowest BCUT2D eigenvalue weighted by Gasteiger charge is -2.09. The SMILES string of the molecule is Cc1cc(CNC2=NCC(C)N2)nc(C)n1.I. The lowest BCUT2D eigenvalue weighted by atomic mass is 10.3. The van der Waals surface area contributed by atoms with E-state index in [1.165, 1.54) is 0 Å². The van der Waals surface area contributed by atoms with Gasteiger partial charge in [-0.1, -0.05) is 0 Å². The van der Waals surface area contributed by atoms with Gasteiger partial charge in [-0.3, -0.25) is 4.99 Å². The van der Waals surface area contributed by atoms with Gasteiger partial charge in [-0.05, 0) is 26.8 Å². The molecule has 1 aromatic heterocycles. The summed E-state index contributed by atoms with van der Waals surface area (Å²) in [4.78, 5) is 12.9. The van der Waals surface area contributed by atoms with Gasteiger partial charge < -0.3 is 10.6 Å². The fourth-order valence-electron chi connectivity index (χ4n) is 1.72. The summed E-state index contributed by atoms with van der Waals surface area (Å²) in [6.07, 6.45) is 0. The van der Waals surface area contributed by atoms with Crippen molar-refractivity contribution in [3.05, 3.63) is 23.3 Å². The van der Waals surface area contributed by atoms with Crippen molar-refractivity contribution in [3.8, 4) is 0 Å². The Balaban J connectivity index is 0.00000144. The summed E-state index contributed by atoms with van der Waals surface area (Å²) < 4.78 is 0. The van der Waals surface area contributed by atoms with Gasteiger partial charge in [-0.2, -0.15) is 0 Å². The van der Waals surface area contributed by atoms with Crippen LogP contribution in [0.3, 0.4) is 0 Å². The third kappa shape index (κ3) is 4.10. The Morgan fingerprint density at radius 1 is 1.41 bits per heavy atom. The number of guanidine groups is 1. The van der Waals surface area contributed by atoms with E-state index < -0.39 is 0 Å². The predicted molar refractivity (Wildman–Crippen MR) is 78.7 cm³/mol. The Morgan fingerprint density at radius 2 is 2.18 bits per heavy atom. The highest BCUT2D eigenvalue weighted by atomic mass is 127. The third-order valence-corrected chi connectivity index (χ3v) is 2.36. The maximum absolute atomic E-state index is 4.36. The van der Waals surface area contributed by atoms with Gasteiger partial charge in [0.25, 0.3) is 0 Å². The van der Waals surface area contributed by atoms with Crippen LogP contribution in [0.25, 0.3) is 0 Å². The van der Waals surface area contributed by atoms with E-state index >= 15 is 0 Å². The van der Waals surface area contributed by atoms with Gasteiger partial charge in [-0.15, -0.1) is 24.0 Å². The molecule has 2 rings (SSSR count). The monoisotopic (exact) mass is 347 g/mol. The van der Waals surface area contributed by atoms with Gasteiger partial charge in [0.05, 0.1) is 18.8 Å². The van der Waals surface area contributed by atoms with Crippen LogP contribution in [0.15, 0.2) is 11.1 Å². The van der Waals surface area contributed by atoms with Gasteiger partial charge in [0.15, 0.2) is 5.96 Å². The highest BCUT2D eigenvalue weighted by Crippen LogP contribution is 2.00. The van der Waals surface area contributed by atoms with Gasteiger partial charge in [0.1, 0.15) is 5.82 Å². The van der Waals surface area contributed by atoms with E-state index in [1.54, 1.807) is 0 Å². The average Bonchev–Trinajstić information content (AvgIpc) is 2.60. The Bertz CT molecular complexity index is 398. The lowest BCUT2D eigenvalue weighted by Crippen LogP contribution is -2.37. The second kappa shape index (κ2) is 6.13. The van der Waals surface area contributed by atoms with Crippen molar-refractivity contribution in [1.29, 1.82) is 0 Å². The van der Waals surface area contributed by atoms with Crippen LogP contribution in [0.4, 0.5) is 0 Å². The second-order valence-electron chi connectivity index (χ2n) is 4.14. The van der Waals surface area contributed by atoms with E-state index in [9.17, 15) is 0 Å². The van der Waals surface area contributed by atoms with E-state index in [4.69, 9.17) is 0 Å². The zero-order chi connectivity index (χ0) is 11.5. The Labute approximate surface area is 119 Å². The van der Waals surface area contributed by atoms with Crippen molar-refractivity contribution in [3.63, 3.8) is 0 Å². The Kier molecular flexibility index (Phi) is 5.10. The van der Waals surface area contributed by atoms with Crippen molar-refractivity contribution >= 4 is 29.9 Å². The van der Waals surface area contributed by atoms with Crippen LogP contribution in [0, 0.1) is 13.8 Å².